The van der Waals surface area contributed by atoms with Crippen molar-refractivity contribution in [3.63, 3.8) is 0 Å². The maximum atomic E-state index is 12.0. The minimum atomic E-state index is -0.935. The predicted octanol–water partition coefficient (Wildman–Crippen LogP) is -0.670. The summed E-state index contributed by atoms with van der Waals surface area (Å²) >= 11 is 0. The van der Waals surface area contributed by atoms with Gasteiger partial charge in [-0.3, -0.25) is 18.7 Å². The Bertz CT molecular complexity index is 769. The Morgan fingerprint density at radius 2 is 2.15 bits per heavy atom. The van der Waals surface area contributed by atoms with Gasteiger partial charge in [0.1, 0.15) is 0 Å². The fraction of sp³-hybridized carbons (Fsp3) is 0.455. The van der Waals surface area contributed by atoms with Gasteiger partial charge in [0.25, 0.3) is 5.56 Å². The van der Waals surface area contributed by atoms with Crippen LogP contribution in [0.5, 0.6) is 0 Å². The van der Waals surface area contributed by atoms with E-state index in [1.54, 1.807) is 6.92 Å². The Morgan fingerprint density at radius 1 is 1.45 bits per heavy atom. The molecule has 20 heavy (non-hydrogen) atoms. The molecule has 0 unspecified atom stereocenters. The maximum absolute atomic E-state index is 12.0. The van der Waals surface area contributed by atoms with Crippen LogP contribution in [0.3, 0.4) is 0 Å². The summed E-state index contributed by atoms with van der Waals surface area (Å²) in [5.74, 6) is -0.666. The van der Waals surface area contributed by atoms with Crippen molar-refractivity contribution in [3.05, 3.63) is 20.8 Å². The fourth-order valence-corrected chi connectivity index (χ4v) is 1.89. The van der Waals surface area contributed by atoms with Crippen LogP contribution in [-0.4, -0.2) is 36.7 Å². The Hall–Kier alpha value is -2.58. The molecule has 108 valence electrons. The van der Waals surface area contributed by atoms with Gasteiger partial charge in [-0.2, -0.15) is 4.98 Å². The lowest BCUT2D eigenvalue weighted by molar-refractivity contribution is -0.136. The van der Waals surface area contributed by atoms with Crippen molar-refractivity contribution >= 4 is 23.1 Å². The van der Waals surface area contributed by atoms with Crippen molar-refractivity contribution in [1.82, 2.24) is 19.1 Å². The smallest absolute Gasteiger partial charge is 0.332 e. The molecule has 9 nitrogen and oxygen atoms in total. The van der Waals surface area contributed by atoms with Crippen LogP contribution < -0.4 is 16.6 Å². The topological polar surface area (TPSA) is 122 Å². The van der Waals surface area contributed by atoms with Gasteiger partial charge in [0, 0.05) is 20.1 Å². The van der Waals surface area contributed by atoms with Crippen molar-refractivity contribution in [2.24, 2.45) is 7.05 Å². The highest BCUT2D eigenvalue weighted by molar-refractivity contribution is 5.73. The second-order valence-electron chi connectivity index (χ2n) is 4.25. The van der Waals surface area contributed by atoms with Crippen LogP contribution in [0.1, 0.15) is 13.3 Å². The number of fused-ring (bicyclic) bond motifs is 1. The molecule has 0 saturated heterocycles. The molecule has 0 atom stereocenters. The summed E-state index contributed by atoms with van der Waals surface area (Å²) in [5.41, 5.74) is -0.424. The third-order valence-corrected chi connectivity index (χ3v) is 2.92. The molecule has 0 amide bonds. The summed E-state index contributed by atoms with van der Waals surface area (Å²) in [6.07, 6.45) is -0.0738. The number of imidazole rings is 1. The van der Waals surface area contributed by atoms with E-state index in [2.05, 4.69) is 15.3 Å². The van der Waals surface area contributed by atoms with Crippen molar-refractivity contribution < 1.29 is 9.90 Å². The van der Waals surface area contributed by atoms with E-state index >= 15 is 0 Å². The zero-order valence-corrected chi connectivity index (χ0v) is 11.1. The van der Waals surface area contributed by atoms with Gasteiger partial charge in [0.2, 0.25) is 5.95 Å². The molecule has 2 aromatic heterocycles. The van der Waals surface area contributed by atoms with E-state index in [0.717, 1.165) is 4.57 Å². The van der Waals surface area contributed by atoms with E-state index in [0.29, 0.717) is 6.54 Å². The number of rotatable bonds is 5. The van der Waals surface area contributed by atoms with Crippen molar-refractivity contribution in [2.45, 2.75) is 19.9 Å². The summed E-state index contributed by atoms with van der Waals surface area (Å²) < 4.78 is 2.38. The molecule has 2 aromatic rings. The Morgan fingerprint density at radius 3 is 2.75 bits per heavy atom. The number of aryl methyl sites for hydroxylation is 1. The molecule has 0 spiro atoms. The number of nitrogens with one attached hydrogen (secondary N) is 2. The number of aromatic amines is 1. The van der Waals surface area contributed by atoms with Crippen LogP contribution in [0.25, 0.3) is 11.2 Å². The third-order valence-electron chi connectivity index (χ3n) is 2.92. The fourth-order valence-electron chi connectivity index (χ4n) is 1.89. The van der Waals surface area contributed by atoms with E-state index in [1.807, 2.05) is 0 Å². The zero-order valence-electron chi connectivity index (χ0n) is 11.1. The molecule has 0 aliphatic carbocycles. The van der Waals surface area contributed by atoms with E-state index < -0.39 is 17.2 Å². The number of aromatic nitrogens is 4. The van der Waals surface area contributed by atoms with Gasteiger partial charge < -0.3 is 15.4 Å². The van der Waals surface area contributed by atoms with Gasteiger partial charge in [-0.15, -0.1) is 0 Å². The lowest BCUT2D eigenvalue weighted by Gasteiger charge is -2.04. The van der Waals surface area contributed by atoms with E-state index in [9.17, 15) is 14.4 Å². The van der Waals surface area contributed by atoms with Crippen LogP contribution in [0.2, 0.25) is 0 Å². The summed E-state index contributed by atoms with van der Waals surface area (Å²) in [7, 11) is 1.40. The molecule has 2 heterocycles. The highest BCUT2D eigenvalue weighted by Crippen LogP contribution is 2.09. The molecule has 0 bridgehead atoms. The summed E-state index contributed by atoms with van der Waals surface area (Å²) in [5, 5.41) is 11.3. The molecule has 3 N–H and O–H groups in total. The quantitative estimate of drug-likeness (QED) is 0.668. The average Bonchev–Trinajstić information content (AvgIpc) is 2.80. The van der Waals surface area contributed by atoms with E-state index in [4.69, 9.17) is 5.11 Å². The lowest BCUT2D eigenvalue weighted by Crippen LogP contribution is -2.37. The van der Waals surface area contributed by atoms with Gasteiger partial charge >= 0.3 is 11.7 Å². The normalized spacial score (nSPS) is 10.9. The molecule has 0 saturated carbocycles. The van der Waals surface area contributed by atoms with Crippen LogP contribution >= 0.6 is 0 Å². The summed E-state index contributed by atoms with van der Waals surface area (Å²) in [6, 6.07) is 0. The van der Waals surface area contributed by atoms with Gasteiger partial charge in [-0.1, -0.05) is 0 Å². The maximum Gasteiger partial charge on any atom is 0.332 e. The van der Waals surface area contributed by atoms with Crippen molar-refractivity contribution in [3.8, 4) is 0 Å². The highest BCUT2D eigenvalue weighted by Gasteiger charge is 2.14. The number of carboxylic acids is 1. The number of H-pyrrole nitrogens is 1. The van der Waals surface area contributed by atoms with Crippen LogP contribution in [0, 0.1) is 0 Å². The largest absolute Gasteiger partial charge is 0.481 e. The first-order valence-electron chi connectivity index (χ1n) is 6.11. The van der Waals surface area contributed by atoms with Crippen molar-refractivity contribution in [1.29, 1.82) is 0 Å². The van der Waals surface area contributed by atoms with Gasteiger partial charge in [0.15, 0.2) is 11.2 Å². The molecule has 0 radical (unpaired) electrons. The second-order valence-corrected chi connectivity index (χ2v) is 4.25. The first-order valence-corrected chi connectivity index (χ1v) is 6.11. The molecule has 0 aliphatic heterocycles. The van der Waals surface area contributed by atoms with Crippen molar-refractivity contribution in [2.75, 3.05) is 11.9 Å². The molecule has 0 aliphatic rings. The number of anilines is 1. The minimum Gasteiger partial charge on any atom is -0.481 e. The SMILES string of the molecule is CCn1c(=O)n(C)c(=O)c2[nH]c(NCCC(=O)O)nc21. The minimum absolute atomic E-state index is 0.0738. The van der Waals surface area contributed by atoms with E-state index in [-0.39, 0.29) is 30.1 Å². The number of hydrogen-bond acceptors (Lipinski definition) is 5. The van der Waals surface area contributed by atoms with Crippen LogP contribution in [0.4, 0.5) is 5.95 Å². The molecular formula is C11H15N5O4. The standard InChI is InChI=1S/C11H15N5O4/c1-3-16-8-7(9(19)15(2)11(16)20)13-10(14-8)12-5-4-6(17)18/h3-5H2,1-2H3,(H,17,18)(H2,12,13,14). The Kier molecular flexibility index (Phi) is 3.59. The van der Waals surface area contributed by atoms with Crippen LogP contribution in [-0.2, 0) is 18.4 Å². The van der Waals surface area contributed by atoms with Crippen LogP contribution in [0.15, 0.2) is 9.59 Å². The first kappa shape index (κ1) is 13.8. The molecule has 2 rings (SSSR count). The second kappa shape index (κ2) is 5.19. The summed E-state index contributed by atoms with van der Waals surface area (Å²) in [4.78, 5) is 41.2. The molecule has 9 heteroatoms. The third kappa shape index (κ3) is 2.29. The number of carboxylic acid groups (broad SMARTS) is 1. The number of aliphatic carboxylic acids is 1. The first-order chi connectivity index (χ1) is 9.45. The predicted molar refractivity (Wildman–Crippen MR) is 72.0 cm³/mol. The highest BCUT2D eigenvalue weighted by atomic mass is 16.4. The zero-order chi connectivity index (χ0) is 14.9. The lowest BCUT2D eigenvalue weighted by atomic mass is 10.4. The number of nitrogens with zero attached hydrogens (tertiary/aromatic N) is 3. The number of hydrogen-bond donors (Lipinski definition) is 3. The number of carbonyl (C=O) groups is 1. The molecule has 0 aromatic carbocycles. The average molecular weight is 281 g/mol. The Labute approximate surface area is 112 Å². The monoisotopic (exact) mass is 281 g/mol. The Balaban J connectivity index is 2.48. The van der Waals surface area contributed by atoms with Gasteiger partial charge in [-0.05, 0) is 6.92 Å². The molecular weight excluding hydrogens is 266 g/mol. The van der Waals surface area contributed by atoms with Gasteiger partial charge in [0.05, 0.1) is 6.42 Å². The van der Waals surface area contributed by atoms with E-state index in [1.165, 1.54) is 11.6 Å². The molecule has 0 fully saturated rings. The summed E-state index contributed by atoms with van der Waals surface area (Å²) in [6.45, 7) is 2.33. The van der Waals surface area contributed by atoms with Gasteiger partial charge in [-0.25, -0.2) is 4.79 Å².